The van der Waals surface area contributed by atoms with Crippen LogP contribution in [-0.4, -0.2) is 31.3 Å². The summed E-state index contributed by atoms with van der Waals surface area (Å²) in [6.07, 6.45) is 3.59. The average Bonchev–Trinajstić information content (AvgIpc) is 2.77. The van der Waals surface area contributed by atoms with Crippen molar-refractivity contribution in [1.29, 1.82) is 0 Å². The van der Waals surface area contributed by atoms with Gasteiger partial charge in [-0.25, -0.2) is 5.84 Å². The van der Waals surface area contributed by atoms with Gasteiger partial charge < -0.3 is 9.47 Å². The minimum Gasteiger partial charge on any atom is -0.378 e. The summed E-state index contributed by atoms with van der Waals surface area (Å²) >= 11 is 0. The van der Waals surface area contributed by atoms with Crippen LogP contribution in [0.15, 0.2) is 0 Å². The fourth-order valence-electron chi connectivity index (χ4n) is 2.09. The molecule has 17 heavy (non-hydrogen) atoms. The molecule has 0 radical (unpaired) electrons. The largest absolute Gasteiger partial charge is 0.378 e. The molecule has 3 N–H and O–H groups in total. The van der Waals surface area contributed by atoms with E-state index in [1.165, 1.54) is 12.8 Å². The molecule has 1 rings (SSSR count). The molecule has 0 aromatic heterocycles. The first-order chi connectivity index (χ1) is 8.17. The van der Waals surface area contributed by atoms with Crippen molar-refractivity contribution < 1.29 is 14.3 Å². The van der Waals surface area contributed by atoms with Crippen LogP contribution in [0.25, 0.3) is 0 Å². The van der Waals surface area contributed by atoms with Crippen molar-refractivity contribution in [1.82, 2.24) is 5.43 Å². The third-order valence-electron chi connectivity index (χ3n) is 3.03. The Balaban J connectivity index is 2.12. The summed E-state index contributed by atoms with van der Waals surface area (Å²) in [7, 11) is 0. The highest BCUT2D eigenvalue weighted by Crippen LogP contribution is 2.20. The quantitative estimate of drug-likeness (QED) is 0.398. The van der Waals surface area contributed by atoms with E-state index in [-0.39, 0.29) is 12.0 Å². The third kappa shape index (κ3) is 5.02. The maximum absolute atomic E-state index is 11.2. The van der Waals surface area contributed by atoms with Gasteiger partial charge in [-0.05, 0) is 25.2 Å². The van der Waals surface area contributed by atoms with Gasteiger partial charge >= 0.3 is 0 Å². The number of carbonyl (C=O) groups is 1. The second-order valence-electron chi connectivity index (χ2n) is 4.76. The van der Waals surface area contributed by atoms with Gasteiger partial charge in [0.2, 0.25) is 0 Å². The van der Waals surface area contributed by atoms with Gasteiger partial charge in [-0.1, -0.05) is 20.3 Å². The maximum atomic E-state index is 11.2. The Hall–Kier alpha value is -0.650. The Morgan fingerprint density at radius 3 is 3.00 bits per heavy atom. The number of nitrogens with two attached hydrogens (primary N) is 1. The van der Waals surface area contributed by atoms with E-state index in [4.69, 9.17) is 15.3 Å². The molecule has 1 aliphatic rings. The predicted octanol–water partition coefficient (Wildman–Crippen LogP) is 0.977. The average molecular weight is 244 g/mol. The zero-order valence-electron chi connectivity index (χ0n) is 10.8. The zero-order chi connectivity index (χ0) is 12.7. The van der Waals surface area contributed by atoms with Crippen LogP contribution in [0, 0.1) is 5.92 Å². The van der Waals surface area contributed by atoms with E-state index in [1.54, 1.807) is 0 Å². The smallest absolute Gasteiger partial charge is 0.263 e. The van der Waals surface area contributed by atoms with Crippen LogP contribution in [-0.2, 0) is 14.3 Å². The van der Waals surface area contributed by atoms with Gasteiger partial charge in [-0.2, -0.15) is 0 Å². The highest BCUT2D eigenvalue weighted by molar-refractivity contribution is 5.80. The number of ether oxygens (including phenoxy) is 2. The maximum Gasteiger partial charge on any atom is 0.263 e. The lowest BCUT2D eigenvalue weighted by molar-refractivity contribution is -0.133. The Labute approximate surface area is 103 Å². The van der Waals surface area contributed by atoms with E-state index in [0.717, 1.165) is 19.4 Å². The van der Waals surface area contributed by atoms with Crippen LogP contribution in [0.3, 0.4) is 0 Å². The molecule has 0 spiro atoms. The Morgan fingerprint density at radius 2 is 2.35 bits per heavy atom. The zero-order valence-corrected chi connectivity index (χ0v) is 10.8. The summed E-state index contributed by atoms with van der Waals surface area (Å²) in [5.74, 6) is 5.40. The van der Waals surface area contributed by atoms with E-state index in [1.807, 2.05) is 0 Å². The number of hydrazine groups is 1. The van der Waals surface area contributed by atoms with E-state index in [2.05, 4.69) is 19.3 Å². The molecule has 5 heteroatoms. The van der Waals surface area contributed by atoms with Crippen molar-refractivity contribution >= 4 is 5.91 Å². The molecule has 1 heterocycles. The van der Waals surface area contributed by atoms with Crippen molar-refractivity contribution in [2.45, 2.75) is 51.7 Å². The van der Waals surface area contributed by atoms with Crippen LogP contribution < -0.4 is 11.3 Å². The summed E-state index contributed by atoms with van der Waals surface area (Å²) < 4.78 is 11.1. The topological polar surface area (TPSA) is 73.6 Å². The molecular weight excluding hydrogens is 220 g/mol. The van der Waals surface area contributed by atoms with E-state index in [9.17, 15) is 4.79 Å². The molecular formula is C12H24N2O3. The molecule has 3 atom stereocenters. The first-order valence-corrected chi connectivity index (χ1v) is 6.41. The SMILES string of the molecule is CCCC(C)COCC1CCC(C(=O)NN)O1. The van der Waals surface area contributed by atoms with E-state index in [0.29, 0.717) is 12.5 Å². The molecule has 1 amide bonds. The number of rotatable bonds is 7. The summed E-state index contributed by atoms with van der Waals surface area (Å²) in [6, 6.07) is 0. The van der Waals surface area contributed by atoms with Crippen molar-refractivity contribution in [2.75, 3.05) is 13.2 Å². The molecule has 3 unspecified atom stereocenters. The summed E-state index contributed by atoms with van der Waals surface area (Å²) in [5.41, 5.74) is 2.11. The summed E-state index contributed by atoms with van der Waals surface area (Å²) in [5, 5.41) is 0. The normalized spacial score (nSPS) is 25.8. The van der Waals surface area contributed by atoms with Gasteiger partial charge in [-0.3, -0.25) is 10.2 Å². The van der Waals surface area contributed by atoms with Crippen LogP contribution in [0.4, 0.5) is 0 Å². The first kappa shape index (κ1) is 14.4. The molecule has 1 aliphatic heterocycles. The van der Waals surface area contributed by atoms with Crippen molar-refractivity contribution in [2.24, 2.45) is 11.8 Å². The second-order valence-corrected chi connectivity index (χ2v) is 4.76. The standard InChI is InChI=1S/C12H24N2O3/c1-3-4-9(2)7-16-8-10-5-6-11(17-10)12(15)14-13/h9-11H,3-8,13H2,1-2H3,(H,14,15). The van der Waals surface area contributed by atoms with Crippen LogP contribution in [0.5, 0.6) is 0 Å². The minimum absolute atomic E-state index is 0.0335. The number of nitrogens with one attached hydrogen (secondary N) is 1. The van der Waals surface area contributed by atoms with Crippen LogP contribution in [0.1, 0.15) is 39.5 Å². The lowest BCUT2D eigenvalue weighted by Crippen LogP contribution is -2.39. The third-order valence-corrected chi connectivity index (χ3v) is 3.03. The first-order valence-electron chi connectivity index (χ1n) is 6.41. The van der Waals surface area contributed by atoms with Crippen molar-refractivity contribution in [3.05, 3.63) is 0 Å². The van der Waals surface area contributed by atoms with Gasteiger partial charge in [0.15, 0.2) is 0 Å². The van der Waals surface area contributed by atoms with Gasteiger partial charge in [0.25, 0.3) is 5.91 Å². The molecule has 5 nitrogen and oxygen atoms in total. The second kappa shape index (κ2) is 7.63. The fourth-order valence-corrected chi connectivity index (χ4v) is 2.09. The number of hydrogen-bond donors (Lipinski definition) is 2. The summed E-state index contributed by atoms with van der Waals surface area (Å²) in [6.45, 7) is 5.69. The molecule has 100 valence electrons. The lowest BCUT2D eigenvalue weighted by Gasteiger charge is -2.15. The van der Waals surface area contributed by atoms with Crippen molar-refractivity contribution in [3.63, 3.8) is 0 Å². The Bertz CT molecular complexity index is 236. The van der Waals surface area contributed by atoms with Crippen LogP contribution >= 0.6 is 0 Å². The van der Waals surface area contributed by atoms with Gasteiger partial charge in [0.05, 0.1) is 12.7 Å². The lowest BCUT2D eigenvalue weighted by atomic mass is 10.1. The molecule has 1 saturated heterocycles. The Morgan fingerprint density at radius 1 is 1.59 bits per heavy atom. The number of amides is 1. The number of carbonyl (C=O) groups excluding carboxylic acids is 1. The van der Waals surface area contributed by atoms with Gasteiger partial charge in [0, 0.05) is 6.61 Å². The Kier molecular flexibility index (Phi) is 6.47. The van der Waals surface area contributed by atoms with Gasteiger partial charge in [-0.15, -0.1) is 0 Å². The highest BCUT2D eigenvalue weighted by atomic mass is 16.5. The molecule has 0 aromatic carbocycles. The number of hydrogen-bond acceptors (Lipinski definition) is 4. The van der Waals surface area contributed by atoms with Gasteiger partial charge in [0.1, 0.15) is 6.10 Å². The molecule has 0 aliphatic carbocycles. The van der Waals surface area contributed by atoms with E-state index >= 15 is 0 Å². The predicted molar refractivity (Wildman–Crippen MR) is 65.1 cm³/mol. The highest BCUT2D eigenvalue weighted by Gasteiger charge is 2.30. The fraction of sp³-hybridized carbons (Fsp3) is 0.917. The summed E-state index contributed by atoms with van der Waals surface area (Å²) in [4.78, 5) is 11.2. The van der Waals surface area contributed by atoms with Crippen LogP contribution in [0.2, 0.25) is 0 Å². The molecule has 0 saturated carbocycles. The molecule has 0 bridgehead atoms. The monoisotopic (exact) mass is 244 g/mol. The molecule has 1 fully saturated rings. The molecule has 0 aromatic rings. The van der Waals surface area contributed by atoms with E-state index < -0.39 is 6.10 Å². The van der Waals surface area contributed by atoms with Crippen molar-refractivity contribution in [3.8, 4) is 0 Å². The minimum atomic E-state index is -0.401.